The third-order valence-corrected chi connectivity index (χ3v) is 1.65. The van der Waals surface area contributed by atoms with Crippen LogP contribution in [0.15, 0.2) is 0 Å². The molecule has 1 fully saturated rings. The first-order valence-corrected chi connectivity index (χ1v) is 4.29. The van der Waals surface area contributed by atoms with Gasteiger partial charge in [0.25, 0.3) is 0 Å². The Morgan fingerprint density at radius 1 is 1.42 bits per heavy atom. The van der Waals surface area contributed by atoms with Crippen LogP contribution in [0.25, 0.3) is 0 Å². The van der Waals surface area contributed by atoms with Gasteiger partial charge in [-0.25, -0.2) is 0 Å². The minimum Gasteiger partial charge on any atom is -0.400 e. The molecule has 1 rings (SSSR count). The molecule has 0 aromatic rings. The molecule has 4 heteroatoms. The number of hydrogen-bond acceptors (Lipinski definition) is 4. The lowest BCUT2D eigenvalue weighted by molar-refractivity contribution is 0.0360. The quantitative estimate of drug-likeness (QED) is 0.582. The third-order valence-electron chi connectivity index (χ3n) is 1.65. The Hall–Kier alpha value is -0.160. The van der Waals surface area contributed by atoms with Crippen molar-refractivity contribution in [3.63, 3.8) is 0 Å². The Morgan fingerprint density at radius 2 is 1.92 bits per heavy atom. The molecule has 3 N–H and O–H groups in total. The second-order valence-corrected chi connectivity index (χ2v) is 2.89. The van der Waals surface area contributed by atoms with E-state index in [9.17, 15) is 0 Å². The summed E-state index contributed by atoms with van der Waals surface area (Å²) < 4.78 is 5.20. The Balaban J connectivity index is 0.000000561. The number of aliphatic hydroxyl groups excluding tert-OH is 1. The maximum atomic E-state index is 7.00. The average Bonchev–Trinajstić information content (AvgIpc) is 2.08. The molecule has 1 aliphatic rings. The largest absolute Gasteiger partial charge is 0.400 e. The van der Waals surface area contributed by atoms with Crippen molar-refractivity contribution in [3.05, 3.63) is 0 Å². The smallest absolute Gasteiger partial charge is 0.0594 e. The molecule has 74 valence electrons. The summed E-state index contributed by atoms with van der Waals surface area (Å²) >= 11 is 0. The summed E-state index contributed by atoms with van der Waals surface area (Å²) in [5.41, 5.74) is 5.64. The maximum Gasteiger partial charge on any atom is 0.0594 e. The molecule has 1 heterocycles. The van der Waals surface area contributed by atoms with Crippen LogP contribution in [0.2, 0.25) is 0 Å². The van der Waals surface area contributed by atoms with Crippen molar-refractivity contribution in [2.45, 2.75) is 13.0 Å². The SMILES string of the molecule is CO.C[C@H](N)CN1CCOCC1. The molecule has 1 atom stereocenters. The molecule has 1 aliphatic heterocycles. The normalized spacial score (nSPS) is 21.0. The Morgan fingerprint density at radius 3 is 2.33 bits per heavy atom. The van der Waals surface area contributed by atoms with Gasteiger partial charge in [0, 0.05) is 32.8 Å². The van der Waals surface area contributed by atoms with Gasteiger partial charge >= 0.3 is 0 Å². The standard InChI is InChI=1S/C7H16N2O.CH4O/c1-7(8)6-9-2-4-10-5-3-9;1-2/h7H,2-6,8H2,1H3;2H,1H3/t7-;/m0./s1. The first-order valence-electron chi connectivity index (χ1n) is 4.29. The van der Waals surface area contributed by atoms with Crippen LogP contribution in [0.3, 0.4) is 0 Å². The highest BCUT2D eigenvalue weighted by Gasteiger charge is 2.10. The second kappa shape index (κ2) is 7.49. The van der Waals surface area contributed by atoms with Crippen molar-refractivity contribution in [2.24, 2.45) is 5.73 Å². The van der Waals surface area contributed by atoms with Crippen molar-refractivity contribution in [1.82, 2.24) is 4.90 Å². The van der Waals surface area contributed by atoms with Crippen LogP contribution in [-0.4, -0.2) is 56.0 Å². The van der Waals surface area contributed by atoms with E-state index in [4.69, 9.17) is 15.6 Å². The summed E-state index contributed by atoms with van der Waals surface area (Å²) in [5.74, 6) is 0. The fourth-order valence-corrected chi connectivity index (χ4v) is 1.19. The van der Waals surface area contributed by atoms with Crippen LogP contribution in [0.4, 0.5) is 0 Å². The summed E-state index contributed by atoms with van der Waals surface area (Å²) in [6.45, 7) is 6.86. The van der Waals surface area contributed by atoms with Crippen LogP contribution in [0, 0.1) is 0 Å². The summed E-state index contributed by atoms with van der Waals surface area (Å²) in [4.78, 5) is 2.34. The zero-order valence-corrected chi connectivity index (χ0v) is 7.99. The number of hydrogen-bond donors (Lipinski definition) is 2. The number of ether oxygens (including phenoxy) is 1. The molecule has 0 bridgehead atoms. The van der Waals surface area contributed by atoms with Crippen LogP contribution in [0.1, 0.15) is 6.92 Å². The fraction of sp³-hybridized carbons (Fsp3) is 1.00. The highest BCUT2D eigenvalue weighted by atomic mass is 16.5. The third kappa shape index (κ3) is 5.49. The van der Waals surface area contributed by atoms with Crippen LogP contribution in [-0.2, 0) is 4.74 Å². The molecule has 12 heavy (non-hydrogen) atoms. The van der Waals surface area contributed by atoms with Crippen molar-refractivity contribution in [2.75, 3.05) is 40.0 Å². The van der Waals surface area contributed by atoms with E-state index in [1.807, 2.05) is 6.92 Å². The van der Waals surface area contributed by atoms with Gasteiger partial charge in [-0.3, -0.25) is 4.90 Å². The first kappa shape index (κ1) is 11.8. The minimum absolute atomic E-state index is 0.290. The zero-order valence-electron chi connectivity index (χ0n) is 7.99. The predicted octanol–water partition coefficient (Wildman–Crippen LogP) is -0.726. The second-order valence-electron chi connectivity index (χ2n) is 2.89. The van der Waals surface area contributed by atoms with E-state index in [0.29, 0.717) is 0 Å². The topological polar surface area (TPSA) is 58.7 Å². The molecule has 0 aliphatic carbocycles. The van der Waals surface area contributed by atoms with Gasteiger partial charge in [-0.05, 0) is 6.92 Å². The summed E-state index contributed by atoms with van der Waals surface area (Å²) in [7, 11) is 1.00. The van der Waals surface area contributed by atoms with Gasteiger partial charge in [-0.2, -0.15) is 0 Å². The Kier molecular flexibility index (Phi) is 7.39. The summed E-state index contributed by atoms with van der Waals surface area (Å²) in [6.07, 6.45) is 0. The lowest BCUT2D eigenvalue weighted by atomic mass is 10.3. The molecule has 0 spiro atoms. The van der Waals surface area contributed by atoms with Gasteiger partial charge in [0.1, 0.15) is 0 Å². The van der Waals surface area contributed by atoms with Crippen molar-refractivity contribution >= 4 is 0 Å². The number of morpholine rings is 1. The van der Waals surface area contributed by atoms with E-state index in [2.05, 4.69) is 4.90 Å². The lowest BCUT2D eigenvalue weighted by Gasteiger charge is -2.27. The monoisotopic (exact) mass is 176 g/mol. The molecule has 1 saturated heterocycles. The fourth-order valence-electron chi connectivity index (χ4n) is 1.19. The number of aliphatic hydroxyl groups is 1. The lowest BCUT2D eigenvalue weighted by Crippen LogP contribution is -2.42. The maximum absolute atomic E-state index is 7.00. The van der Waals surface area contributed by atoms with E-state index < -0.39 is 0 Å². The highest BCUT2D eigenvalue weighted by Crippen LogP contribution is 1.96. The first-order chi connectivity index (χ1) is 5.79. The van der Waals surface area contributed by atoms with Gasteiger partial charge in [0.05, 0.1) is 13.2 Å². The summed E-state index contributed by atoms with van der Waals surface area (Å²) in [6, 6.07) is 0.290. The van der Waals surface area contributed by atoms with Gasteiger partial charge < -0.3 is 15.6 Å². The molecule has 0 amide bonds. The molecular weight excluding hydrogens is 156 g/mol. The van der Waals surface area contributed by atoms with E-state index in [0.717, 1.165) is 40.0 Å². The summed E-state index contributed by atoms with van der Waals surface area (Å²) in [5, 5.41) is 7.00. The highest BCUT2D eigenvalue weighted by molar-refractivity contribution is 4.66. The van der Waals surface area contributed by atoms with Gasteiger partial charge in [0.2, 0.25) is 0 Å². The van der Waals surface area contributed by atoms with Gasteiger partial charge in [0.15, 0.2) is 0 Å². The predicted molar refractivity (Wildman–Crippen MR) is 49.1 cm³/mol. The van der Waals surface area contributed by atoms with E-state index in [1.54, 1.807) is 0 Å². The Bertz CT molecular complexity index is 93.1. The van der Waals surface area contributed by atoms with E-state index >= 15 is 0 Å². The molecule has 4 nitrogen and oxygen atoms in total. The molecule has 0 aromatic heterocycles. The number of nitrogens with zero attached hydrogens (tertiary/aromatic N) is 1. The van der Waals surface area contributed by atoms with Crippen LogP contribution in [0.5, 0.6) is 0 Å². The van der Waals surface area contributed by atoms with Crippen LogP contribution >= 0.6 is 0 Å². The van der Waals surface area contributed by atoms with Crippen molar-refractivity contribution in [3.8, 4) is 0 Å². The molecule has 0 radical (unpaired) electrons. The number of nitrogens with two attached hydrogens (primary N) is 1. The van der Waals surface area contributed by atoms with E-state index in [-0.39, 0.29) is 6.04 Å². The molecule has 0 saturated carbocycles. The van der Waals surface area contributed by atoms with Crippen molar-refractivity contribution < 1.29 is 9.84 Å². The van der Waals surface area contributed by atoms with Gasteiger partial charge in [-0.15, -0.1) is 0 Å². The van der Waals surface area contributed by atoms with Gasteiger partial charge in [-0.1, -0.05) is 0 Å². The minimum atomic E-state index is 0.290. The van der Waals surface area contributed by atoms with E-state index in [1.165, 1.54) is 0 Å². The molecule has 0 aromatic carbocycles. The number of rotatable bonds is 2. The average molecular weight is 176 g/mol. The Labute approximate surface area is 74.3 Å². The zero-order chi connectivity index (χ0) is 9.40. The molecule has 0 unspecified atom stereocenters. The van der Waals surface area contributed by atoms with Crippen LogP contribution < -0.4 is 5.73 Å². The van der Waals surface area contributed by atoms with Crippen molar-refractivity contribution in [1.29, 1.82) is 0 Å². The molecular formula is C8H20N2O2.